The Balaban J connectivity index is 1.49. The van der Waals surface area contributed by atoms with Crippen molar-refractivity contribution in [2.45, 2.75) is 12.6 Å². The van der Waals surface area contributed by atoms with E-state index in [0.717, 1.165) is 21.9 Å². The number of nitrogens with one attached hydrogen (secondary N) is 2. The van der Waals surface area contributed by atoms with Crippen molar-refractivity contribution in [3.05, 3.63) is 120 Å². The van der Waals surface area contributed by atoms with Crippen molar-refractivity contribution in [1.29, 1.82) is 0 Å². The van der Waals surface area contributed by atoms with E-state index in [9.17, 15) is 9.59 Å². The van der Waals surface area contributed by atoms with Gasteiger partial charge < -0.3 is 10.6 Å². The van der Waals surface area contributed by atoms with Crippen molar-refractivity contribution < 1.29 is 9.59 Å². The molecular formula is C27H23N3O2. The van der Waals surface area contributed by atoms with E-state index < -0.39 is 6.04 Å². The molecule has 4 aromatic rings. The number of nitrogens with zero attached hydrogens (tertiary/aromatic N) is 1. The van der Waals surface area contributed by atoms with Gasteiger partial charge in [-0.25, -0.2) is 0 Å². The number of pyridine rings is 1. The van der Waals surface area contributed by atoms with Crippen molar-refractivity contribution >= 4 is 28.7 Å². The summed E-state index contributed by atoms with van der Waals surface area (Å²) in [6.07, 6.45) is 6.61. The maximum absolute atomic E-state index is 12.9. The van der Waals surface area contributed by atoms with Crippen LogP contribution in [0.5, 0.6) is 0 Å². The van der Waals surface area contributed by atoms with Crippen LogP contribution in [-0.2, 0) is 16.1 Å². The molecule has 0 saturated carbocycles. The van der Waals surface area contributed by atoms with Gasteiger partial charge in [0.05, 0.1) is 0 Å². The fraction of sp³-hybridized carbons (Fsp3) is 0.0741. The molecule has 4 rings (SSSR count). The number of carbonyl (C=O) groups excluding carboxylic acids is 2. The molecule has 158 valence electrons. The molecule has 2 amide bonds. The largest absolute Gasteiger partial charge is 0.350 e. The summed E-state index contributed by atoms with van der Waals surface area (Å²) in [5, 5.41) is 7.88. The van der Waals surface area contributed by atoms with Crippen molar-refractivity contribution in [3.63, 3.8) is 0 Å². The Labute approximate surface area is 186 Å². The molecule has 5 nitrogen and oxygen atoms in total. The van der Waals surface area contributed by atoms with Gasteiger partial charge in [0.2, 0.25) is 11.8 Å². The fourth-order valence-corrected chi connectivity index (χ4v) is 3.49. The summed E-state index contributed by atoms with van der Waals surface area (Å²) in [6, 6.07) is 26.0. The summed E-state index contributed by atoms with van der Waals surface area (Å²) >= 11 is 0. The van der Waals surface area contributed by atoms with Gasteiger partial charge in [0.25, 0.3) is 0 Å². The van der Waals surface area contributed by atoms with Crippen LogP contribution in [0.4, 0.5) is 0 Å². The number of carbonyl (C=O) groups is 2. The lowest BCUT2D eigenvalue weighted by atomic mass is 10.0. The van der Waals surface area contributed by atoms with Gasteiger partial charge in [-0.2, -0.15) is 0 Å². The molecule has 0 spiro atoms. The molecule has 5 heteroatoms. The standard InChI is InChI=1S/C27H23N3O2/c31-25(16-15-22-13-6-12-21-9-4-5-14-24(21)22)30-26(23-10-2-1-3-11-23)27(32)29-19-20-8-7-17-28-18-20/h1-18,26H,19H2,(H,29,32)(H,30,31)/b16-15+. The van der Waals surface area contributed by atoms with Crippen LogP contribution in [0.1, 0.15) is 22.7 Å². The molecule has 1 atom stereocenters. The van der Waals surface area contributed by atoms with Crippen LogP contribution in [-0.4, -0.2) is 16.8 Å². The third-order valence-corrected chi connectivity index (χ3v) is 5.11. The molecule has 2 N–H and O–H groups in total. The van der Waals surface area contributed by atoms with Crippen LogP contribution in [0.25, 0.3) is 16.8 Å². The predicted octanol–water partition coefficient (Wildman–Crippen LogP) is 4.42. The van der Waals surface area contributed by atoms with Crippen LogP contribution in [0.2, 0.25) is 0 Å². The number of aromatic nitrogens is 1. The second-order valence-corrected chi connectivity index (χ2v) is 7.33. The fourth-order valence-electron chi connectivity index (χ4n) is 3.49. The van der Waals surface area contributed by atoms with E-state index in [4.69, 9.17) is 0 Å². The number of hydrogen-bond acceptors (Lipinski definition) is 3. The van der Waals surface area contributed by atoms with Crippen LogP contribution in [0.15, 0.2) is 103 Å². The smallest absolute Gasteiger partial charge is 0.247 e. The molecule has 0 saturated heterocycles. The van der Waals surface area contributed by atoms with Gasteiger partial charge in [-0.05, 0) is 39.6 Å². The first-order valence-electron chi connectivity index (χ1n) is 10.4. The Kier molecular flexibility index (Phi) is 6.68. The quantitative estimate of drug-likeness (QED) is 0.434. The third-order valence-electron chi connectivity index (χ3n) is 5.11. The number of rotatable bonds is 7. The molecule has 0 fully saturated rings. The molecule has 32 heavy (non-hydrogen) atoms. The predicted molar refractivity (Wildman–Crippen MR) is 126 cm³/mol. The maximum atomic E-state index is 12.9. The molecule has 3 aromatic carbocycles. The minimum absolute atomic E-state index is 0.285. The van der Waals surface area contributed by atoms with E-state index in [-0.39, 0.29) is 11.8 Å². The molecular weight excluding hydrogens is 398 g/mol. The molecule has 0 aliphatic rings. The minimum Gasteiger partial charge on any atom is -0.350 e. The Bertz CT molecular complexity index is 1230. The average molecular weight is 422 g/mol. The van der Waals surface area contributed by atoms with Gasteiger partial charge in [0.15, 0.2) is 0 Å². The lowest BCUT2D eigenvalue weighted by Crippen LogP contribution is -2.39. The normalized spacial score (nSPS) is 11.9. The molecule has 0 aliphatic carbocycles. The highest BCUT2D eigenvalue weighted by Gasteiger charge is 2.21. The first-order chi connectivity index (χ1) is 15.7. The molecule has 1 unspecified atom stereocenters. The first kappa shape index (κ1) is 21.0. The van der Waals surface area contributed by atoms with E-state index in [0.29, 0.717) is 12.1 Å². The van der Waals surface area contributed by atoms with Gasteiger partial charge in [-0.1, -0.05) is 78.9 Å². The summed E-state index contributed by atoms with van der Waals surface area (Å²) < 4.78 is 0. The second kappa shape index (κ2) is 10.2. The zero-order valence-corrected chi connectivity index (χ0v) is 17.4. The Morgan fingerprint density at radius 1 is 0.875 bits per heavy atom. The zero-order valence-electron chi connectivity index (χ0n) is 17.4. The second-order valence-electron chi connectivity index (χ2n) is 7.33. The van der Waals surface area contributed by atoms with Crippen molar-refractivity contribution in [2.75, 3.05) is 0 Å². The van der Waals surface area contributed by atoms with Crippen LogP contribution in [0, 0.1) is 0 Å². The SMILES string of the molecule is O=C(/C=C/c1cccc2ccccc12)NC(C(=O)NCc1cccnc1)c1ccccc1. The monoisotopic (exact) mass is 421 g/mol. The number of amides is 2. The number of benzene rings is 3. The van der Waals surface area contributed by atoms with Gasteiger partial charge in [-0.15, -0.1) is 0 Å². The summed E-state index contributed by atoms with van der Waals surface area (Å²) in [7, 11) is 0. The Morgan fingerprint density at radius 3 is 2.47 bits per heavy atom. The van der Waals surface area contributed by atoms with Crippen LogP contribution >= 0.6 is 0 Å². The number of fused-ring (bicyclic) bond motifs is 1. The van der Waals surface area contributed by atoms with Gasteiger partial charge >= 0.3 is 0 Å². The third kappa shape index (κ3) is 5.26. The molecule has 0 bridgehead atoms. The first-order valence-corrected chi connectivity index (χ1v) is 10.4. The zero-order chi connectivity index (χ0) is 22.2. The Hall–Kier alpha value is -4.25. The highest BCUT2D eigenvalue weighted by atomic mass is 16.2. The van der Waals surface area contributed by atoms with E-state index in [1.54, 1.807) is 18.5 Å². The van der Waals surface area contributed by atoms with Gasteiger partial charge in [-0.3, -0.25) is 14.6 Å². The highest BCUT2D eigenvalue weighted by molar-refractivity contribution is 5.98. The van der Waals surface area contributed by atoms with Gasteiger partial charge in [0, 0.05) is 25.0 Å². The van der Waals surface area contributed by atoms with Crippen LogP contribution in [0.3, 0.4) is 0 Å². The van der Waals surface area contributed by atoms with E-state index >= 15 is 0 Å². The average Bonchev–Trinajstić information content (AvgIpc) is 2.85. The minimum atomic E-state index is -0.808. The summed E-state index contributed by atoms with van der Waals surface area (Å²) in [6.45, 7) is 0.331. The summed E-state index contributed by atoms with van der Waals surface area (Å²) in [5.74, 6) is -0.629. The molecule has 0 aliphatic heterocycles. The summed E-state index contributed by atoms with van der Waals surface area (Å²) in [4.78, 5) is 29.7. The maximum Gasteiger partial charge on any atom is 0.247 e. The lowest BCUT2D eigenvalue weighted by molar-refractivity contribution is -0.127. The van der Waals surface area contributed by atoms with Crippen molar-refractivity contribution in [1.82, 2.24) is 15.6 Å². The highest BCUT2D eigenvalue weighted by Crippen LogP contribution is 2.20. The van der Waals surface area contributed by atoms with Gasteiger partial charge in [0.1, 0.15) is 6.04 Å². The van der Waals surface area contributed by atoms with E-state index in [1.807, 2.05) is 84.9 Å². The molecule has 1 heterocycles. The molecule has 1 aromatic heterocycles. The van der Waals surface area contributed by atoms with E-state index in [2.05, 4.69) is 15.6 Å². The van der Waals surface area contributed by atoms with Crippen molar-refractivity contribution in [2.24, 2.45) is 0 Å². The van der Waals surface area contributed by atoms with Crippen LogP contribution < -0.4 is 10.6 Å². The number of hydrogen-bond donors (Lipinski definition) is 2. The lowest BCUT2D eigenvalue weighted by Gasteiger charge is -2.18. The Morgan fingerprint density at radius 2 is 1.66 bits per heavy atom. The topological polar surface area (TPSA) is 71.1 Å². The van der Waals surface area contributed by atoms with Crippen molar-refractivity contribution in [3.8, 4) is 0 Å². The summed E-state index contributed by atoms with van der Waals surface area (Å²) in [5.41, 5.74) is 2.54. The van der Waals surface area contributed by atoms with E-state index in [1.165, 1.54) is 6.08 Å². The molecule has 0 radical (unpaired) electrons.